The van der Waals surface area contributed by atoms with Crippen LogP contribution in [-0.2, 0) is 5.60 Å². The minimum Gasteiger partial charge on any atom is -0.385 e. The zero-order chi connectivity index (χ0) is 14.9. The second-order valence-corrected chi connectivity index (χ2v) is 7.24. The lowest BCUT2D eigenvalue weighted by Crippen LogP contribution is -2.43. The Kier molecular flexibility index (Phi) is 4.56. The molecule has 21 heavy (non-hydrogen) atoms. The first kappa shape index (κ1) is 15.3. The van der Waals surface area contributed by atoms with E-state index in [0.717, 1.165) is 19.3 Å². The molecule has 1 nitrogen and oxygen atoms in total. The van der Waals surface area contributed by atoms with E-state index in [1.54, 1.807) is 12.1 Å². The number of aliphatic hydroxyl groups is 1. The number of hydrogen-bond donors (Lipinski definition) is 1. The lowest BCUT2D eigenvalue weighted by atomic mass is 9.63. The molecule has 0 bridgehead atoms. The van der Waals surface area contributed by atoms with E-state index in [-0.39, 0.29) is 11.7 Å². The van der Waals surface area contributed by atoms with E-state index in [1.807, 2.05) is 0 Å². The van der Waals surface area contributed by atoms with Crippen molar-refractivity contribution in [2.75, 3.05) is 0 Å². The van der Waals surface area contributed by atoms with Gasteiger partial charge in [-0.2, -0.15) is 0 Å². The summed E-state index contributed by atoms with van der Waals surface area (Å²) in [7, 11) is 0. The van der Waals surface area contributed by atoms with Gasteiger partial charge in [-0.15, -0.1) is 0 Å². The van der Waals surface area contributed by atoms with Gasteiger partial charge in [-0.25, -0.2) is 4.39 Å². The number of halogens is 2. The Morgan fingerprint density at radius 2 is 1.76 bits per heavy atom. The summed E-state index contributed by atoms with van der Waals surface area (Å²) in [6.07, 6.45) is 9.98. The van der Waals surface area contributed by atoms with E-state index in [2.05, 4.69) is 0 Å². The molecule has 3 heteroatoms. The normalized spacial score (nSPS) is 31.3. The van der Waals surface area contributed by atoms with Crippen molar-refractivity contribution in [2.24, 2.45) is 11.8 Å². The average Bonchev–Trinajstić information content (AvgIpc) is 2.48. The number of benzene rings is 1. The summed E-state index contributed by atoms with van der Waals surface area (Å²) in [6.45, 7) is 0. The van der Waals surface area contributed by atoms with Gasteiger partial charge in [-0.3, -0.25) is 0 Å². The van der Waals surface area contributed by atoms with E-state index in [9.17, 15) is 9.50 Å². The summed E-state index contributed by atoms with van der Waals surface area (Å²) in [5.41, 5.74) is -0.545. The van der Waals surface area contributed by atoms with Crippen molar-refractivity contribution >= 4 is 11.6 Å². The molecule has 0 amide bonds. The maximum atomic E-state index is 14.4. The Balaban J connectivity index is 1.94. The minimum atomic E-state index is -1.01. The second-order valence-electron chi connectivity index (χ2n) is 6.80. The molecule has 2 fully saturated rings. The highest BCUT2D eigenvalue weighted by Crippen LogP contribution is 2.49. The Hall–Kier alpha value is -0.600. The monoisotopic (exact) mass is 310 g/mol. The third-order valence-corrected chi connectivity index (χ3v) is 5.79. The summed E-state index contributed by atoms with van der Waals surface area (Å²) in [5.74, 6) is 0.383. The van der Waals surface area contributed by atoms with Gasteiger partial charge in [0, 0.05) is 10.6 Å². The van der Waals surface area contributed by atoms with Crippen molar-refractivity contribution < 1.29 is 9.50 Å². The maximum Gasteiger partial charge on any atom is 0.130 e. The second kappa shape index (κ2) is 6.26. The first-order valence-corrected chi connectivity index (χ1v) is 8.67. The van der Waals surface area contributed by atoms with Crippen LogP contribution >= 0.6 is 11.6 Å². The summed E-state index contributed by atoms with van der Waals surface area (Å²) in [6, 6.07) is 4.73. The Bertz CT molecular complexity index is 498. The average molecular weight is 311 g/mol. The molecule has 0 aromatic heterocycles. The molecular formula is C18H24ClFO. The van der Waals surface area contributed by atoms with Crippen LogP contribution < -0.4 is 0 Å². The van der Waals surface area contributed by atoms with Crippen LogP contribution in [0.2, 0.25) is 5.02 Å². The Labute approximate surface area is 131 Å². The van der Waals surface area contributed by atoms with Crippen LogP contribution in [0.5, 0.6) is 0 Å². The molecule has 0 aliphatic heterocycles. The van der Waals surface area contributed by atoms with Crippen molar-refractivity contribution in [3.63, 3.8) is 0 Å². The SMILES string of the molecule is OC1(c2ccc(Cl)cc2F)CCCCC1C1CCCCC1. The molecule has 1 N–H and O–H groups in total. The third-order valence-electron chi connectivity index (χ3n) is 5.55. The first-order valence-electron chi connectivity index (χ1n) is 8.29. The van der Waals surface area contributed by atoms with Gasteiger partial charge >= 0.3 is 0 Å². The molecule has 2 saturated carbocycles. The molecule has 0 saturated heterocycles. The molecule has 2 unspecified atom stereocenters. The van der Waals surface area contributed by atoms with Crippen LogP contribution in [-0.4, -0.2) is 5.11 Å². The molecule has 2 aliphatic carbocycles. The summed E-state index contributed by atoms with van der Waals surface area (Å²) in [5, 5.41) is 11.7. The topological polar surface area (TPSA) is 20.2 Å². The molecule has 0 heterocycles. The zero-order valence-corrected chi connectivity index (χ0v) is 13.2. The molecule has 1 aromatic carbocycles. The van der Waals surface area contributed by atoms with Crippen molar-refractivity contribution in [1.82, 2.24) is 0 Å². The van der Waals surface area contributed by atoms with E-state index in [4.69, 9.17) is 11.6 Å². The Morgan fingerprint density at radius 3 is 2.48 bits per heavy atom. The van der Waals surface area contributed by atoms with Crippen molar-refractivity contribution in [3.05, 3.63) is 34.6 Å². The van der Waals surface area contributed by atoms with E-state index in [1.165, 1.54) is 38.2 Å². The fourth-order valence-corrected chi connectivity index (χ4v) is 4.68. The molecule has 1 aromatic rings. The zero-order valence-electron chi connectivity index (χ0n) is 12.5. The molecule has 0 spiro atoms. The number of hydrogen-bond acceptors (Lipinski definition) is 1. The predicted octanol–water partition coefficient (Wildman–Crippen LogP) is 5.44. The van der Waals surface area contributed by atoms with Gasteiger partial charge in [0.15, 0.2) is 0 Å². The molecular weight excluding hydrogens is 287 g/mol. The van der Waals surface area contributed by atoms with Crippen molar-refractivity contribution in [3.8, 4) is 0 Å². The lowest BCUT2D eigenvalue weighted by Gasteiger charge is -2.45. The quantitative estimate of drug-likeness (QED) is 0.771. The smallest absolute Gasteiger partial charge is 0.130 e. The van der Waals surface area contributed by atoms with Gasteiger partial charge in [0.2, 0.25) is 0 Å². The summed E-state index contributed by atoms with van der Waals surface area (Å²) in [4.78, 5) is 0. The molecule has 2 atom stereocenters. The van der Waals surface area contributed by atoms with Crippen molar-refractivity contribution in [1.29, 1.82) is 0 Å². The summed E-state index contributed by atoms with van der Waals surface area (Å²) < 4.78 is 14.4. The standard InChI is InChI=1S/C18H24ClFO/c19-14-9-10-16(17(20)12-14)18(21)11-5-4-8-15(18)13-6-2-1-3-7-13/h9-10,12-13,15,21H,1-8,11H2. The van der Waals surface area contributed by atoms with Gasteiger partial charge in [-0.05, 0) is 36.8 Å². The van der Waals surface area contributed by atoms with Crippen molar-refractivity contribution in [2.45, 2.75) is 63.4 Å². The summed E-state index contributed by atoms with van der Waals surface area (Å²) >= 11 is 5.86. The van der Waals surface area contributed by atoms with Gasteiger partial charge < -0.3 is 5.11 Å². The van der Waals surface area contributed by atoms with Gasteiger partial charge in [0.1, 0.15) is 5.82 Å². The van der Waals surface area contributed by atoms with Crippen LogP contribution in [0, 0.1) is 17.7 Å². The third kappa shape index (κ3) is 2.98. The fourth-order valence-electron chi connectivity index (χ4n) is 4.52. The minimum absolute atomic E-state index is 0.197. The van der Waals surface area contributed by atoms with Gasteiger partial charge in [0.05, 0.1) is 5.60 Å². The van der Waals surface area contributed by atoms with Gasteiger partial charge in [-0.1, -0.05) is 62.6 Å². The van der Waals surface area contributed by atoms with E-state index in [0.29, 0.717) is 22.9 Å². The first-order chi connectivity index (χ1) is 10.1. The molecule has 3 rings (SSSR count). The van der Waals surface area contributed by atoms with Crippen LogP contribution in [0.4, 0.5) is 4.39 Å². The van der Waals surface area contributed by atoms with Crippen LogP contribution in [0.3, 0.4) is 0 Å². The highest BCUT2D eigenvalue weighted by Gasteiger charge is 2.45. The molecule has 2 aliphatic rings. The van der Waals surface area contributed by atoms with E-state index < -0.39 is 5.60 Å². The van der Waals surface area contributed by atoms with Crippen LogP contribution in [0.1, 0.15) is 63.4 Å². The molecule has 116 valence electrons. The predicted molar refractivity (Wildman–Crippen MR) is 83.8 cm³/mol. The Morgan fingerprint density at radius 1 is 1.05 bits per heavy atom. The maximum absolute atomic E-state index is 14.4. The molecule has 0 radical (unpaired) electrons. The van der Waals surface area contributed by atoms with E-state index >= 15 is 0 Å². The number of rotatable bonds is 2. The fraction of sp³-hybridized carbons (Fsp3) is 0.667. The van der Waals surface area contributed by atoms with Crippen LogP contribution in [0.15, 0.2) is 18.2 Å². The lowest BCUT2D eigenvalue weighted by molar-refractivity contribution is -0.0856. The van der Waals surface area contributed by atoms with Crippen LogP contribution in [0.25, 0.3) is 0 Å². The van der Waals surface area contributed by atoms with Gasteiger partial charge in [0.25, 0.3) is 0 Å². The largest absolute Gasteiger partial charge is 0.385 e. The highest BCUT2D eigenvalue weighted by atomic mass is 35.5. The highest BCUT2D eigenvalue weighted by molar-refractivity contribution is 6.30.